The topological polar surface area (TPSA) is 4.93 Å². The van der Waals surface area contributed by atoms with Gasteiger partial charge in [-0.25, -0.2) is 0 Å². The highest BCUT2D eigenvalue weighted by Gasteiger charge is 2.15. The summed E-state index contributed by atoms with van der Waals surface area (Å²) in [6.45, 7) is 0. The van der Waals surface area contributed by atoms with Crippen LogP contribution in [-0.2, 0) is 0 Å². The molecule has 1 aromatic heterocycles. The first-order valence-corrected chi connectivity index (χ1v) is 16.3. The second-order valence-corrected chi connectivity index (χ2v) is 12.5. The van der Waals surface area contributed by atoms with Crippen LogP contribution < -0.4 is 0 Å². The van der Waals surface area contributed by atoms with Gasteiger partial charge in [-0.3, -0.25) is 0 Å². The third-order valence-electron chi connectivity index (χ3n) is 9.95. The smallest absolute Gasteiger partial charge is 0.0541 e. The highest BCUT2D eigenvalue weighted by Crippen LogP contribution is 2.41. The summed E-state index contributed by atoms with van der Waals surface area (Å²) in [5.41, 5.74) is 8.56. The summed E-state index contributed by atoms with van der Waals surface area (Å²) in [5.74, 6) is 0. The molecule has 9 aromatic carbocycles. The molecule has 0 saturated heterocycles. The zero-order valence-electron chi connectivity index (χ0n) is 25.7. The number of hydrogen-bond donors (Lipinski definition) is 0. The van der Waals surface area contributed by atoms with E-state index in [0.717, 1.165) is 0 Å². The molecule has 0 saturated carbocycles. The van der Waals surface area contributed by atoms with E-state index in [9.17, 15) is 0 Å². The number of nitrogens with zero attached hydrogens (tertiary/aromatic N) is 1. The molecule has 0 aliphatic rings. The highest BCUT2D eigenvalue weighted by atomic mass is 15.0. The quantitative estimate of drug-likeness (QED) is 0.179. The summed E-state index contributed by atoms with van der Waals surface area (Å²) >= 11 is 0. The molecule has 10 rings (SSSR count). The second-order valence-electron chi connectivity index (χ2n) is 12.5. The van der Waals surface area contributed by atoms with Crippen molar-refractivity contribution in [2.24, 2.45) is 0 Å². The van der Waals surface area contributed by atoms with Crippen LogP contribution in [0.3, 0.4) is 0 Å². The minimum Gasteiger partial charge on any atom is -0.309 e. The molecule has 1 heterocycles. The zero-order chi connectivity index (χ0) is 30.9. The number of hydrogen-bond acceptors (Lipinski definition) is 0. The first-order valence-electron chi connectivity index (χ1n) is 16.3. The minimum atomic E-state index is 1.18. The van der Waals surface area contributed by atoms with E-state index in [1.54, 1.807) is 0 Å². The van der Waals surface area contributed by atoms with Crippen molar-refractivity contribution < 1.29 is 0 Å². The van der Waals surface area contributed by atoms with E-state index >= 15 is 0 Å². The summed E-state index contributed by atoms with van der Waals surface area (Å²) < 4.78 is 2.37. The molecule has 0 N–H and O–H groups in total. The molecule has 1 nitrogen and oxygen atoms in total. The molecular weight excluding hydrogens is 567 g/mol. The average molecular weight is 596 g/mol. The molecule has 218 valence electrons. The summed E-state index contributed by atoms with van der Waals surface area (Å²) in [4.78, 5) is 0. The van der Waals surface area contributed by atoms with Gasteiger partial charge in [0.25, 0.3) is 0 Å². The van der Waals surface area contributed by atoms with Gasteiger partial charge in [0.1, 0.15) is 0 Å². The van der Waals surface area contributed by atoms with Crippen LogP contribution in [0.4, 0.5) is 0 Å². The predicted octanol–water partition coefficient (Wildman–Crippen LogP) is 12.7. The Labute approximate surface area is 272 Å². The first-order chi connectivity index (χ1) is 23.3. The van der Waals surface area contributed by atoms with Gasteiger partial charge in [-0.15, -0.1) is 0 Å². The van der Waals surface area contributed by atoms with Crippen LogP contribution in [0.25, 0.3) is 92.8 Å². The number of benzene rings is 9. The summed E-state index contributed by atoms with van der Waals surface area (Å²) in [6.07, 6.45) is 0. The molecule has 0 radical (unpaired) electrons. The maximum Gasteiger partial charge on any atom is 0.0541 e. The Morgan fingerprint density at radius 2 is 0.872 bits per heavy atom. The Hall–Kier alpha value is -6.18. The Kier molecular flexibility index (Phi) is 5.64. The van der Waals surface area contributed by atoms with E-state index in [1.807, 2.05) is 0 Å². The Morgan fingerprint density at radius 1 is 0.298 bits per heavy atom. The third kappa shape index (κ3) is 3.97. The molecule has 1 heteroatoms. The normalized spacial score (nSPS) is 11.8. The number of para-hydroxylation sites is 2. The van der Waals surface area contributed by atoms with E-state index in [1.165, 1.54) is 92.8 Å². The Balaban J connectivity index is 1.12. The maximum atomic E-state index is 2.39. The van der Waals surface area contributed by atoms with Crippen LogP contribution >= 0.6 is 0 Å². The Bertz CT molecular complexity index is 2820. The van der Waals surface area contributed by atoms with Gasteiger partial charge in [-0.1, -0.05) is 140 Å². The summed E-state index contributed by atoms with van der Waals surface area (Å²) in [5, 5.41) is 12.9. The molecule has 10 aromatic rings. The molecular formula is C46H29N. The number of fused-ring (bicyclic) bond motifs is 10. The van der Waals surface area contributed by atoms with E-state index in [-0.39, 0.29) is 0 Å². The molecule has 0 amide bonds. The van der Waals surface area contributed by atoms with Crippen molar-refractivity contribution in [1.82, 2.24) is 4.57 Å². The van der Waals surface area contributed by atoms with Gasteiger partial charge in [0.15, 0.2) is 0 Å². The fourth-order valence-corrected chi connectivity index (χ4v) is 7.78. The Morgan fingerprint density at radius 3 is 1.70 bits per heavy atom. The van der Waals surface area contributed by atoms with E-state index in [0.29, 0.717) is 0 Å². The van der Waals surface area contributed by atoms with Gasteiger partial charge < -0.3 is 4.57 Å². The molecule has 0 aliphatic heterocycles. The third-order valence-corrected chi connectivity index (χ3v) is 9.95. The van der Waals surface area contributed by atoms with Crippen molar-refractivity contribution in [3.63, 3.8) is 0 Å². The van der Waals surface area contributed by atoms with Gasteiger partial charge in [-0.2, -0.15) is 0 Å². The van der Waals surface area contributed by atoms with Crippen molar-refractivity contribution in [2.75, 3.05) is 0 Å². The molecule has 0 fully saturated rings. The number of rotatable bonds is 3. The standard InChI is InChI=1S/C46H29N/c1-2-11-36(12-3-1)47-43-17-9-8-15-39(43)42-28-34(26-27-44(42)47)30-18-20-32(21-19-30)41-29-35-25-24-33-23-22-31-10-4-5-13-37(31)45(33)46(35)40-16-7-6-14-38(40)41/h1-29H. The van der Waals surface area contributed by atoms with Crippen molar-refractivity contribution in [1.29, 1.82) is 0 Å². The molecule has 0 spiro atoms. The molecule has 0 unspecified atom stereocenters. The SMILES string of the molecule is c1ccc(-n2c3ccccc3c3cc(-c4ccc(-c5cc6ccc7ccc8ccccc8c7c6c6ccccc56)cc4)ccc32)cc1. The first kappa shape index (κ1) is 26.1. The highest BCUT2D eigenvalue weighted by molar-refractivity contribution is 6.29. The molecule has 0 atom stereocenters. The van der Waals surface area contributed by atoms with Crippen LogP contribution in [0.2, 0.25) is 0 Å². The largest absolute Gasteiger partial charge is 0.309 e. The average Bonchev–Trinajstić information content (AvgIpc) is 3.48. The molecule has 47 heavy (non-hydrogen) atoms. The minimum absolute atomic E-state index is 1.18. The lowest BCUT2D eigenvalue weighted by Crippen LogP contribution is -1.92. The predicted molar refractivity (Wildman–Crippen MR) is 202 cm³/mol. The van der Waals surface area contributed by atoms with Crippen LogP contribution in [0.15, 0.2) is 176 Å². The van der Waals surface area contributed by atoms with E-state index in [4.69, 9.17) is 0 Å². The van der Waals surface area contributed by atoms with Crippen molar-refractivity contribution >= 4 is 64.9 Å². The van der Waals surface area contributed by atoms with Crippen molar-refractivity contribution in [2.45, 2.75) is 0 Å². The van der Waals surface area contributed by atoms with Crippen LogP contribution in [0, 0.1) is 0 Å². The summed E-state index contributed by atoms with van der Waals surface area (Å²) in [6, 6.07) is 64.5. The van der Waals surface area contributed by atoms with E-state index in [2.05, 4.69) is 180 Å². The monoisotopic (exact) mass is 595 g/mol. The van der Waals surface area contributed by atoms with Gasteiger partial charge >= 0.3 is 0 Å². The number of aromatic nitrogens is 1. The fourth-order valence-electron chi connectivity index (χ4n) is 7.78. The van der Waals surface area contributed by atoms with Crippen LogP contribution in [0.1, 0.15) is 0 Å². The van der Waals surface area contributed by atoms with Gasteiger partial charge in [0, 0.05) is 16.5 Å². The van der Waals surface area contributed by atoms with Crippen LogP contribution in [-0.4, -0.2) is 4.57 Å². The van der Waals surface area contributed by atoms with Crippen molar-refractivity contribution in [3.05, 3.63) is 176 Å². The molecule has 0 aliphatic carbocycles. The lowest BCUT2D eigenvalue weighted by molar-refractivity contribution is 1.18. The van der Waals surface area contributed by atoms with Crippen LogP contribution in [0.5, 0.6) is 0 Å². The van der Waals surface area contributed by atoms with Gasteiger partial charge in [0.2, 0.25) is 0 Å². The molecule has 0 bridgehead atoms. The van der Waals surface area contributed by atoms with Crippen molar-refractivity contribution in [3.8, 4) is 27.9 Å². The van der Waals surface area contributed by atoms with E-state index < -0.39 is 0 Å². The van der Waals surface area contributed by atoms with Gasteiger partial charge in [0.05, 0.1) is 11.0 Å². The van der Waals surface area contributed by atoms with Gasteiger partial charge in [-0.05, 0) is 102 Å². The fraction of sp³-hybridized carbons (Fsp3) is 0. The zero-order valence-corrected chi connectivity index (χ0v) is 25.7. The summed E-state index contributed by atoms with van der Waals surface area (Å²) in [7, 11) is 0. The lowest BCUT2D eigenvalue weighted by atomic mass is 9.89. The lowest BCUT2D eigenvalue weighted by Gasteiger charge is -2.15. The second kappa shape index (κ2) is 10.2. The maximum absolute atomic E-state index is 2.39.